The Kier molecular flexibility index (Phi) is 9.70. The van der Waals surface area contributed by atoms with Crippen LogP contribution in [-0.4, -0.2) is 42.5 Å². The van der Waals surface area contributed by atoms with Gasteiger partial charge in [0.25, 0.3) is 0 Å². The summed E-state index contributed by atoms with van der Waals surface area (Å²) < 4.78 is 10.7. The van der Waals surface area contributed by atoms with Crippen LogP contribution in [0.2, 0.25) is 5.15 Å². The Balaban J connectivity index is 1.74. The number of hydrogen-bond acceptors (Lipinski definition) is 9. The molecule has 206 valence electrons. The fraction of sp³-hybridized carbons (Fsp3) is 0.267. The van der Waals surface area contributed by atoms with Crippen LogP contribution in [-0.2, 0) is 13.1 Å². The van der Waals surface area contributed by atoms with Crippen molar-refractivity contribution in [2.45, 2.75) is 31.2 Å². The highest BCUT2D eigenvalue weighted by atomic mass is 35.5. The molecule has 2 aromatic carbocycles. The van der Waals surface area contributed by atoms with Crippen molar-refractivity contribution >= 4 is 35.0 Å². The summed E-state index contributed by atoms with van der Waals surface area (Å²) in [5, 5.41) is 10.5. The van der Waals surface area contributed by atoms with Crippen molar-refractivity contribution in [3.8, 4) is 17.6 Å². The number of aromatic nitrogens is 3. The van der Waals surface area contributed by atoms with Gasteiger partial charge in [0.1, 0.15) is 28.9 Å². The van der Waals surface area contributed by atoms with Crippen molar-refractivity contribution in [2.75, 3.05) is 37.3 Å². The first-order valence-electron chi connectivity index (χ1n) is 12.6. The van der Waals surface area contributed by atoms with Gasteiger partial charge in [-0.05, 0) is 54.6 Å². The van der Waals surface area contributed by atoms with E-state index in [2.05, 4.69) is 58.2 Å². The second-order valence-electron chi connectivity index (χ2n) is 9.07. The lowest BCUT2D eigenvalue weighted by Gasteiger charge is -2.32. The van der Waals surface area contributed by atoms with Crippen LogP contribution in [0.15, 0.2) is 72.0 Å². The minimum absolute atomic E-state index is 0.142. The number of nitriles is 1. The molecule has 0 aliphatic rings. The first-order chi connectivity index (χ1) is 19.4. The average molecular weight is 575 g/mol. The van der Waals surface area contributed by atoms with Crippen LogP contribution in [0.1, 0.15) is 35.2 Å². The molecule has 0 amide bonds. The minimum atomic E-state index is -0.189. The van der Waals surface area contributed by atoms with E-state index in [0.717, 1.165) is 34.0 Å². The third-order valence-electron chi connectivity index (χ3n) is 6.67. The second-order valence-corrected chi connectivity index (χ2v) is 10.2. The van der Waals surface area contributed by atoms with E-state index >= 15 is 0 Å². The lowest BCUT2D eigenvalue weighted by molar-refractivity contribution is 0.414. The van der Waals surface area contributed by atoms with E-state index in [9.17, 15) is 5.26 Å². The van der Waals surface area contributed by atoms with Crippen molar-refractivity contribution in [1.82, 2.24) is 15.0 Å². The van der Waals surface area contributed by atoms with E-state index in [0.29, 0.717) is 24.1 Å². The third-order valence-corrected chi connectivity index (χ3v) is 7.49. The summed E-state index contributed by atoms with van der Waals surface area (Å²) in [4.78, 5) is 17.9. The Morgan fingerprint density at radius 3 is 2.00 bits per heavy atom. The fourth-order valence-corrected chi connectivity index (χ4v) is 4.96. The number of ether oxygens (including phenoxy) is 2. The molecule has 0 bridgehead atoms. The second kappa shape index (κ2) is 13.4. The molecule has 40 heavy (non-hydrogen) atoms. The Bertz CT molecular complexity index is 1430. The number of methoxy groups -OCH3 is 2. The smallest absolute Gasteiger partial charge is 0.190 e. The number of nitrogens with zero attached hydrogens (tertiary/aromatic N) is 6. The predicted molar refractivity (Wildman–Crippen MR) is 160 cm³/mol. The molecule has 10 heteroatoms. The Morgan fingerprint density at radius 1 is 0.925 bits per heavy atom. The van der Waals surface area contributed by atoms with Crippen molar-refractivity contribution in [1.29, 1.82) is 5.26 Å². The highest BCUT2D eigenvalue weighted by molar-refractivity contribution is 7.98. The summed E-state index contributed by atoms with van der Waals surface area (Å²) in [7, 11) is 5.23. The van der Waals surface area contributed by atoms with E-state index in [4.69, 9.17) is 26.1 Å². The van der Waals surface area contributed by atoms with Crippen LogP contribution in [0.5, 0.6) is 11.5 Å². The van der Waals surface area contributed by atoms with Gasteiger partial charge in [-0.1, -0.05) is 53.7 Å². The molecule has 0 spiro atoms. The maximum absolute atomic E-state index is 9.82. The van der Waals surface area contributed by atoms with Crippen LogP contribution in [0.4, 0.5) is 11.6 Å². The lowest BCUT2D eigenvalue weighted by Crippen LogP contribution is -2.29. The molecule has 4 rings (SSSR count). The first-order valence-corrected chi connectivity index (χ1v) is 14.2. The molecule has 2 aromatic heterocycles. The van der Waals surface area contributed by atoms with Crippen molar-refractivity contribution in [3.63, 3.8) is 0 Å². The minimum Gasteiger partial charge on any atom is -0.497 e. The zero-order valence-electron chi connectivity index (χ0n) is 23.1. The summed E-state index contributed by atoms with van der Waals surface area (Å²) in [6.07, 6.45) is 3.68. The van der Waals surface area contributed by atoms with Gasteiger partial charge in [-0.2, -0.15) is 5.26 Å². The SMILES string of the molecule is COc1ccc(CN(Cc2ccc(OC)cc2)c2ncccc2C(C)N(C)c2nc(SC)nc(Cl)c2C#N)cc1. The molecule has 0 radical (unpaired) electrons. The van der Waals surface area contributed by atoms with E-state index in [-0.39, 0.29) is 16.8 Å². The van der Waals surface area contributed by atoms with Gasteiger partial charge >= 0.3 is 0 Å². The normalized spacial score (nSPS) is 11.4. The Morgan fingerprint density at radius 2 is 1.50 bits per heavy atom. The van der Waals surface area contributed by atoms with Gasteiger partial charge in [0, 0.05) is 31.9 Å². The van der Waals surface area contributed by atoms with Gasteiger partial charge in [-0.15, -0.1) is 0 Å². The third kappa shape index (κ3) is 6.58. The maximum Gasteiger partial charge on any atom is 0.190 e. The monoisotopic (exact) mass is 574 g/mol. The number of rotatable bonds is 11. The van der Waals surface area contributed by atoms with Crippen LogP contribution in [0, 0.1) is 11.3 Å². The predicted octanol–water partition coefficient (Wildman–Crippen LogP) is 6.54. The lowest BCUT2D eigenvalue weighted by atomic mass is 10.1. The fourth-order valence-electron chi connectivity index (χ4n) is 4.35. The van der Waals surface area contributed by atoms with E-state index in [1.165, 1.54) is 11.8 Å². The van der Waals surface area contributed by atoms with Crippen LogP contribution in [0.25, 0.3) is 0 Å². The van der Waals surface area contributed by atoms with E-state index < -0.39 is 0 Å². The number of halogens is 1. The summed E-state index contributed by atoms with van der Waals surface area (Å²) in [5.41, 5.74) is 3.46. The van der Waals surface area contributed by atoms with Crippen molar-refractivity contribution in [3.05, 3.63) is 94.3 Å². The van der Waals surface area contributed by atoms with Gasteiger partial charge < -0.3 is 19.3 Å². The number of pyridine rings is 1. The van der Waals surface area contributed by atoms with Gasteiger partial charge in [0.05, 0.1) is 20.3 Å². The van der Waals surface area contributed by atoms with Crippen molar-refractivity contribution in [2.24, 2.45) is 0 Å². The van der Waals surface area contributed by atoms with Crippen LogP contribution < -0.4 is 19.3 Å². The number of thioether (sulfide) groups is 1. The van der Waals surface area contributed by atoms with Gasteiger partial charge in [-0.3, -0.25) is 0 Å². The average Bonchev–Trinajstić information content (AvgIpc) is 3.00. The molecule has 4 aromatic rings. The number of hydrogen-bond donors (Lipinski definition) is 0. The maximum atomic E-state index is 9.82. The highest BCUT2D eigenvalue weighted by Crippen LogP contribution is 2.35. The summed E-state index contributed by atoms with van der Waals surface area (Å²) in [6, 6.07) is 22.0. The molecule has 0 fully saturated rings. The molecule has 1 unspecified atom stereocenters. The molecule has 8 nitrogen and oxygen atoms in total. The molecule has 0 N–H and O–H groups in total. The first kappa shape index (κ1) is 29.0. The molecular formula is C30H31ClN6O2S. The molecule has 1 atom stereocenters. The molecular weight excluding hydrogens is 544 g/mol. The van der Waals surface area contributed by atoms with E-state index in [1.807, 2.05) is 48.5 Å². The topological polar surface area (TPSA) is 87.4 Å². The molecule has 0 saturated heterocycles. The van der Waals surface area contributed by atoms with E-state index in [1.54, 1.807) is 20.4 Å². The molecule has 0 aliphatic heterocycles. The number of anilines is 2. The van der Waals surface area contributed by atoms with Crippen LogP contribution in [0.3, 0.4) is 0 Å². The molecule has 2 heterocycles. The summed E-state index contributed by atoms with van der Waals surface area (Å²) in [6.45, 7) is 3.31. The van der Waals surface area contributed by atoms with Crippen molar-refractivity contribution < 1.29 is 9.47 Å². The summed E-state index contributed by atoms with van der Waals surface area (Å²) in [5.74, 6) is 2.92. The highest BCUT2D eigenvalue weighted by Gasteiger charge is 2.25. The molecule has 0 saturated carbocycles. The quantitative estimate of drug-likeness (QED) is 0.112. The Labute approximate surface area is 244 Å². The van der Waals surface area contributed by atoms with Gasteiger partial charge in [-0.25, -0.2) is 15.0 Å². The number of benzene rings is 2. The Hall–Kier alpha value is -4.00. The zero-order valence-corrected chi connectivity index (χ0v) is 24.7. The summed E-state index contributed by atoms with van der Waals surface area (Å²) >= 11 is 7.74. The largest absolute Gasteiger partial charge is 0.497 e. The standard InChI is InChI=1S/C30H31ClN6O2S/c1-20(36(2)29-26(17-32)27(31)34-30(35-29)40-5)25-7-6-16-33-28(25)37(18-21-8-12-23(38-3)13-9-21)19-22-10-14-24(39-4)15-11-22/h6-16,20H,18-19H2,1-5H3. The zero-order chi connectivity index (χ0) is 28.6. The van der Waals surface area contributed by atoms with Gasteiger partial charge in [0.2, 0.25) is 0 Å². The van der Waals surface area contributed by atoms with Gasteiger partial charge in [0.15, 0.2) is 16.1 Å². The van der Waals surface area contributed by atoms with Crippen LogP contribution >= 0.6 is 23.4 Å². The molecule has 0 aliphatic carbocycles.